The summed E-state index contributed by atoms with van der Waals surface area (Å²) in [4.78, 5) is 10.4. The highest BCUT2D eigenvalue weighted by Gasteiger charge is 2.06. The summed E-state index contributed by atoms with van der Waals surface area (Å²) < 4.78 is 4.78. The van der Waals surface area contributed by atoms with Gasteiger partial charge in [0.05, 0.1) is 6.10 Å². The number of hydrogen-bond acceptors (Lipinski definition) is 3. The third-order valence-corrected chi connectivity index (χ3v) is 3.12. The minimum Gasteiger partial charge on any atom is -0.442 e. The minimum atomic E-state index is -0.744. The largest absolute Gasteiger partial charge is 0.442 e. The molecule has 4 heteroatoms. The average molecular weight is 301 g/mol. The van der Waals surface area contributed by atoms with Gasteiger partial charge in [0.2, 0.25) is 0 Å². The highest BCUT2D eigenvalue weighted by atomic mass is 16.6. The van der Waals surface area contributed by atoms with Crippen LogP contribution in [0.5, 0.6) is 0 Å². The van der Waals surface area contributed by atoms with E-state index >= 15 is 0 Å². The number of nitrogens with two attached hydrogens (primary N) is 1. The van der Waals surface area contributed by atoms with Gasteiger partial charge in [-0.2, -0.15) is 0 Å². The monoisotopic (exact) mass is 301 g/mol. The number of hydrogen-bond donors (Lipinski definition) is 2. The molecule has 0 aliphatic rings. The number of aryl methyl sites for hydroxylation is 1. The Morgan fingerprint density at radius 1 is 1.00 bits per heavy atom. The van der Waals surface area contributed by atoms with Gasteiger partial charge < -0.3 is 15.6 Å². The van der Waals surface area contributed by atoms with Gasteiger partial charge in [-0.1, -0.05) is 60.2 Å². The molecular weight excluding hydrogens is 278 g/mol. The molecule has 3 N–H and O–H groups in total. The average Bonchev–Trinajstić information content (AvgIpc) is 2.48. The van der Waals surface area contributed by atoms with Crippen LogP contribution in [0.25, 0.3) is 0 Å². The van der Waals surface area contributed by atoms with Gasteiger partial charge in [0, 0.05) is 0 Å². The Kier molecular flexibility index (Phi) is 7.13. The van der Waals surface area contributed by atoms with Gasteiger partial charge in [-0.25, -0.2) is 4.79 Å². The lowest BCUT2D eigenvalue weighted by atomic mass is 10.1. The maximum atomic E-state index is 10.4. The predicted octanol–water partition coefficient (Wildman–Crippen LogP) is 3.89. The van der Waals surface area contributed by atoms with Crippen LogP contribution in [0.15, 0.2) is 54.6 Å². The van der Waals surface area contributed by atoms with Gasteiger partial charge >= 0.3 is 6.09 Å². The summed E-state index contributed by atoms with van der Waals surface area (Å²) in [6.45, 7) is 5.58. The van der Waals surface area contributed by atoms with Crippen LogP contribution in [-0.4, -0.2) is 11.2 Å². The molecule has 0 spiro atoms. The summed E-state index contributed by atoms with van der Waals surface area (Å²) >= 11 is 0. The predicted molar refractivity (Wildman–Crippen MR) is 87.3 cm³/mol. The first-order valence-corrected chi connectivity index (χ1v) is 7.15. The summed E-state index contributed by atoms with van der Waals surface area (Å²) in [6, 6.07) is 17.3. The maximum Gasteiger partial charge on any atom is 0.405 e. The lowest BCUT2D eigenvalue weighted by Crippen LogP contribution is -2.15. The number of carbonyl (C=O) groups excluding carboxylic acids is 1. The zero-order valence-electron chi connectivity index (χ0n) is 13.2. The van der Waals surface area contributed by atoms with E-state index in [0.717, 1.165) is 11.1 Å². The van der Waals surface area contributed by atoms with Gasteiger partial charge in [-0.3, -0.25) is 0 Å². The number of ether oxygens (including phenoxy) is 1. The number of carbonyl (C=O) groups is 1. The molecule has 0 aliphatic carbocycles. The lowest BCUT2D eigenvalue weighted by molar-refractivity contribution is 0.116. The van der Waals surface area contributed by atoms with Crippen molar-refractivity contribution in [2.75, 3.05) is 0 Å². The molecule has 4 nitrogen and oxygen atoms in total. The molecular formula is C18H23NO3. The summed E-state index contributed by atoms with van der Waals surface area (Å²) in [7, 11) is 0. The minimum absolute atomic E-state index is 0.274. The van der Waals surface area contributed by atoms with Gasteiger partial charge in [0.15, 0.2) is 0 Å². The van der Waals surface area contributed by atoms with Gasteiger partial charge in [0.25, 0.3) is 0 Å². The molecule has 0 radical (unpaired) electrons. The Labute approximate surface area is 131 Å². The van der Waals surface area contributed by atoms with E-state index in [0.29, 0.717) is 0 Å². The van der Waals surface area contributed by atoms with Crippen molar-refractivity contribution in [3.8, 4) is 0 Å². The summed E-state index contributed by atoms with van der Waals surface area (Å²) in [6.07, 6.45) is -1.37. The molecule has 118 valence electrons. The van der Waals surface area contributed by atoms with Crippen molar-refractivity contribution in [1.82, 2.24) is 0 Å². The van der Waals surface area contributed by atoms with Crippen LogP contribution in [0, 0.1) is 6.92 Å². The first-order chi connectivity index (χ1) is 10.4. The van der Waals surface area contributed by atoms with Crippen molar-refractivity contribution in [2.45, 2.75) is 33.0 Å². The fraction of sp³-hybridized carbons (Fsp3) is 0.278. The number of rotatable bonds is 3. The van der Waals surface area contributed by atoms with Crippen molar-refractivity contribution in [2.24, 2.45) is 5.73 Å². The fourth-order valence-electron chi connectivity index (χ4n) is 1.81. The first-order valence-electron chi connectivity index (χ1n) is 7.15. The third-order valence-electron chi connectivity index (χ3n) is 3.12. The van der Waals surface area contributed by atoms with Crippen LogP contribution in [-0.2, 0) is 4.74 Å². The number of primary amides is 1. The second-order valence-corrected chi connectivity index (χ2v) is 5.08. The first kappa shape index (κ1) is 17.7. The summed E-state index contributed by atoms with van der Waals surface area (Å²) in [5.41, 5.74) is 8.01. The van der Waals surface area contributed by atoms with Crippen LogP contribution < -0.4 is 5.73 Å². The van der Waals surface area contributed by atoms with Crippen molar-refractivity contribution >= 4 is 6.09 Å². The van der Waals surface area contributed by atoms with Crippen molar-refractivity contribution < 1.29 is 14.6 Å². The molecule has 0 heterocycles. The van der Waals surface area contributed by atoms with Crippen molar-refractivity contribution in [1.29, 1.82) is 0 Å². The van der Waals surface area contributed by atoms with Crippen LogP contribution >= 0.6 is 0 Å². The Hall–Kier alpha value is -2.33. The summed E-state index contributed by atoms with van der Waals surface area (Å²) in [5, 5.41) is 9.11. The smallest absolute Gasteiger partial charge is 0.405 e. The van der Waals surface area contributed by atoms with E-state index in [1.807, 2.05) is 61.5 Å². The van der Waals surface area contributed by atoms with Crippen LogP contribution in [0.2, 0.25) is 0 Å². The van der Waals surface area contributed by atoms with E-state index in [4.69, 9.17) is 15.6 Å². The molecule has 0 saturated carbocycles. The SMILES string of the molecule is CC(OC(N)=O)c1ccccc1.Cc1ccc(C(C)O)cc1. The van der Waals surface area contributed by atoms with E-state index in [2.05, 4.69) is 0 Å². The topological polar surface area (TPSA) is 72.5 Å². The molecule has 0 fully saturated rings. The van der Waals surface area contributed by atoms with E-state index in [-0.39, 0.29) is 12.2 Å². The van der Waals surface area contributed by atoms with Crippen molar-refractivity contribution in [3.05, 3.63) is 71.3 Å². The highest BCUT2D eigenvalue weighted by molar-refractivity contribution is 5.64. The molecule has 2 rings (SSSR count). The Morgan fingerprint density at radius 2 is 1.55 bits per heavy atom. The quantitative estimate of drug-likeness (QED) is 0.903. The Balaban J connectivity index is 0.000000224. The normalized spacial score (nSPS) is 12.5. The summed E-state index contributed by atoms with van der Waals surface area (Å²) in [5.74, 6) is 0. The number of aliphatic hydroxyl groups excluding tert-OH is 1. The second-order valence-electron chi connectivity index (χ2n) is 5.08. The van der Waals surface area contributed by atoms with Crippen LogP contribution in [0.1, 0.15) is 42.7 Å². The van der Waals surface area contributed by atoms with Crippen molar-refractivity contribution in [3.63, 3.8) is 0 Å². The highest BCUT2D eigenvalue weighted by Crippen LogP contribution is 2.15. The molecule has 2 atom stereocenters. The molecule has 0 bridgehead atoms. The Bertz CT molecular complexity index is 565. The molecule has 2 unspecified atom stereocenters. The number of benzene rings is 2. The molecule has 22 heavy (non-hydrogen) atoms. The van der Waals surface area contributed by atoms with E-state index in [1.165, 1.54) is 5.56 Å². The lowest BCUT2D eigenvalue weighted by Gasteiger charge is -2.10. The second kappa shape index (κ2) is 8.85. The van der Waals surface area contributed by atoms with E-state index in [9.17, 15) is 4.79 Å². The Morgan fingerprint density at radius 3 is 2.00 bits per heavy atom. The molecule has 0 saturated heterocycles. The maximum absolute atomic E-state index is 10.4. The van der Waals surface area contributed by atoms with Gasteiger partial charge in [-0.05, 0) is 31.9 Å². The van der Waals surface area contributed by atoms with Crippen LogP contribution in [0.3, 0.4) is 0 Å². The van der Waals surface area contributed by atoms with E-state index in [1.54, 1.807) is 13.8 Å². The van der Waals surface area contributed by atoms with Crippen LogP contribution in [0.4, 0.5) is 4.79 Å². The molecule has 0 aliphatic heterocycles. The standard InChI is InChI=1S/C9H11NO2.C9H12O/c1-7(12-9(10)11)8-5-3-2-4-6-8;1-7-3-5-9(6-4-7)8(2)10/h2-7H,1H3,(H2,10,11);3-6,8,10H,1-2H3. The molecule has 0 aromatic heterocycles. The molecule has 1 amide bonds. The van der Waals surface area contributed by atoms with Gasteiger partial charge in [-0.15, -0.1) is 0 Å². The zero-order chi connectivity index (χ0) is 16.5. The number of amides is 1. The van der Waals surface area contributed by atoms with E-state index < -0.39 is 6.09 Å². The third kappa shape index (κ3) is 6.41. The zero-order valence-corrected chi connectivity index (χ0v) is 13.2. The number of aliphatic hydroxyl groups is 1. The molecule has 2 aromatic rings. The van der Waals surface area contributed by atoms with Gasteiger partial charge in [0.1, 0.15) is 6.10 Å². The molecule has 2 aromatic carbocycles. The fourth-order valence-corrected chi connectivity index (χ4v) is 1.81.